The summed E-state index contributed by atoms with van der Waals surface area (Å²) in [6, 6.07) is 3.65. The average Bonchev–Trinajstić information content (AvgIpc) is 2.17. The van der Waals surface area contributed by atoms with Crippen molar-refractivity contribution >= 4 is 17.5 Å². The molecule has 0 spiro atoms. The molecular weight excluding hydrogens is 231 g/mol. The molecule has 0 radical (unpaired) electrons. The molecule has 3 nitrogen and oxygen atoms in total. The molecule has 0 fully saturated rings. The summed E-state index contributed by atoms with van der Waals surface area (Å²) in [5.74, 6) is -0.954. The number of amides is 1. The van der Waals surface area contributed by atoms with Crippen molar-refractivity contribution in [2.45, 2.75) is 26.3 Å². The molecule has 88 valence electrons. The van der Waals surface area contributed by atoms with Gasteiger partial charge in [0.25, 0.3) is 5.91 Å². The molecule has 0 bridgehead atoms. The van der Waals surface area contributed by atoms with E-state index >= 15 is 0 Å². The van der Waals surface area contributed by atoms with Gasteiger partial charge in [-0.25, -0.2) is 9.82 Å². The minimum Gasteiger partial charge on any atom is -0.287 e. The molecule has 0 saturated carbocycles. The molecule has 1 rings (SSSR count). The van der Waals surface area contributed by atoms with Crippen molar-refractivity contribution in [1.82, 2.24) is 10.9 Å². The Hall–Kier alpha value is -1.13. The summed E-state index contributed by atoms with van der Waals surface area (Å²) in [5.41, 5.74) is 5.09. The lowest BCUT2D eigenvalue weighted by Gasteiger charge is -2.21. The Morgan fingerprint density at radius 1 is 1.38 bits per heavy atom. The molecular formula is C11H14ClFN2O. The van der Waals surface area contributed by atoms with Gasteiger partial charge in [-0.2, -0.15) is 0 Å². The van der Waals surface area contributed by atoms with Crippen molar-refractivity contribution in [1.29, 1.82) is 0 Å². The van der Waals surface area contributed by atoms with Gasteiger partial charge in [0.1, 0.15) is 5.82 Å². The number of hydrazine groups is 1. The first-order chi connectivity index (χ1) is 7.29. The summed E-state index contributed by atoms with van der Waals surface area (Å²) in [4.78, 5) is 11.6. The lowest BCUT2D eigenvalue weighted by molar-refractivity contribution is 0.0914. The fraction of sp³-hybridized carbons (Fsp3) is 0.364. The van der Waals surface area contributed by atoms with Crippen LogP contribution in [0.3, 0.4) is 0 Å². The molecule has 2 N–H and O–H groups in total. The highest BCUT2D eigenvalue weighted by Crippen LogP contribution is 2.16. The quantitative estimate of drug-likeness (QED) is 0.785. The second-order valence-electron chi connectivity index (χ2n) is 4.45. The highest BCUT2D eigenvalue weighted by molar-refractivity contribution is 6.33. The van der Waals surface area contributed by atoms with Crippen molar-refractivity contribution in [3.63, 3.8) is 0 Å². The van der Waals surface area contributed by atoms with Crippen molar-refractivity contribution in [3.8, 4) is 0 Å². The molecule has 0 heterocycles. The van der Waals surface area contributed by atoms with E-state index in [1.807, 2.05) is 20.8 Å². The second-order valence-corrected chi connectivity index (χ2v) is 4.86. The van der Waals surface area contributed by atoms with Crippen molar-refractivity contribution in [2.75, 3.05) is 0 Å². The van der Waals surface area contributed by atoms with Crippen molar-refractivity contribution in [2.24, 2.45) is 0 Å². The van der Waals surface area contributed by atoms with Crippen LogP contribution in [0.2, 0.25) is 5.02 Å². The van der Waals surface area contributed by atoms with Crippen molar-refractivity contribution < 1.29 is 9.18 Å². The highest BCUT2D eigenvalue weighted by Gasteiger charge is 2.14. The Bertz CT molecular complexity index is 401. The normalized spacial score (nSPS) is 11.3. The summed E-state index contributed by atoms with van der Waals surface area (Å²) < 4.78 is 12.9. The van der Waals surface area contributed by atoms with E-state index in [0.29, 0.717) is 0 Å². The van der Waals surface area contributed by atoms with Crippen LogP contribution in [0.4, 0.5) is 4.39 Å². The third kappa shape index (κ3) is 3.79. The highest BCUT2D eigenvalue weighted by atomic mass is 35.5. The molecule has 0 aromatic heterocycles. The fourth-order valence-corrected chi connectivity index (χ4v) is 1.19. The van der Waals surface area contributed by atoms with Crippen LogP contribution < -0.4 is 10.9 Å². The first kappa shape index (κ1) is 12.9. The third-order valence-corrected chi connectivity index (χ3v) is 2.05. The number of hydrogen-bond acceptors (Lipinski definition) is 2. The average molecular weight is 245 g/mol. The summed E-state index contributed by atoms with van der Waals surface area (Å²) in [5, 5.41) is 0.217. The Balaban J connectivity index is 2.77. The SMILES string of the molecule is CC(C)(C)NNC(=O)c1cc(F)ccc1Cl. The van der Waals surface area contributed by atoms with Crippen molar-refractivity contribution in [3.05, 3.63) is 34.6 Å². The van der Waals surface area contributed by atoms with Gasteiger partial charge in [0.05, 0.1) is 10.6 Å². The molecule has 0 atom stereocenters. The zero-order valence-corrected chi connectivity index (χ0v) is 10.2. The van der Waals surface area contributed by atoms with Crippen LogP contribution in [0.15, 0.2) is 18.2 Å². The van der Waals surface area contributed by atoms with Crippen LogP contribution >= 0.6 is 11.6 Å². The van der Waals surface area contributed by atoms with Crippen LogP contribution in [0, 0.1) is 5.82 Å². The maximum atomic E-state index is 12.9. The van der Waals surface area contributed by atoms with Gasteiger partial charge in [0, 0.05) is 5.54 Å². The Morgan fingerprint density at radius 3 is 2.56 bits per heavy atom. The van der Waals surface area contributed by atoms with Gasteiger partial charge in [-0.15, -0.1) is 0 Å². The molecule has 0 aliphatic rings. The minimum absolute atomic E-state index is 0.110. The lowest BCUT2D eigenvalue weighted by atomic mass is 10.1. The molecule has 1 aromatic rings. The summed E-state index contributed by atoms with van der Waals surface area (Å²) in [6.07, 6.45) is 0. The largest absolute Gasteiger partial charge is 0.287 e. The van der Waals surface area contributed by atoms with Gasteiger partial charge in [0.2, 0.25) is 0 Å². The topological polar surface area (TPSA) is 41.1 Å². The number of benzene rings is 1. The predicted octanol–water partition coefficient (Wildman–Crippen LogP) is 2.51. The molecule has 5 heteroatoms. The van der Waals surface area contributed by atoms with Crippen LogP contribution in [0.5, 0.6) is 0 Å². The van der Waals surface area contributed by atoms with E-state index < -0.39 is 11.7 Å². The lowest BCUT2D eigenvalue weighted by Crippen LogP contribution is -2.48. The maximum Gasteiger partial charge on any atom is 0.267 e. The third-order valence-electron chi connectivity index (χ3n) is 1.72. The summed E-state index contributed by atoms with van der Waals surface area (Å²) in [6.45, 7) is 5.67. The minimum atomic E-state index is -0.495. The van der Waals surface area contributed by atoms with E-state index in [0.717, 1.165) is 6.07 Å². The van der Waals surface area contributed by atoms with Crippen LogP contribution in [-0.2, 0) is 0 Å². The number of nitrogens with one attached hydrogen (secondary N) is 2. The first-order valence-electron chi connectivity index (χ1n) is 4.82. The number of hydrogen-bond donors (Lipinski definition) is 2. The smallest absolute Gasteiger partial charge is 0.267 e. The monoisotopic (exact) mass is 244 g/mol. The van der Waals surface area contributed by atoms with Crippen LogP contribution in [-0.4, -0.2) is 11.4 Å². The molecule has 16 heavy (non-hydrogen) atoms. The molecule has 1 amide bonds. The standard InChI is InChI=1S/C11H14ClFN2O/c1-11(2,3)15-14-10(16)8-6-7(13)4-5-9(8)12/h4-6,15H,1-3H3,(H,14,16). The zero-order valence-electron chi connectivity index (χ0n) is 9.40. The van der Waals surface area contributed by atoms with E-state index in [4.69, 9.17) is 11.6 Å². The predicted molar refractivity (Wildman–Crippen MR) is 61.8 cm³/mol. The van der Waals surface area contributed by atoms with E-state index in [9.17, 15) is 9.18 Å². The van der Waals surface area contributed by atoms with Crippen LogP contribution in [0.25, 0.3) is 0 Å². The molecule has 0 aliphatic carbocycles. The zero-order chi connectivity index (χ0) is 12.3. The number of rotatable bonds is 2. The van der Waals surface area contributed by atoms with Gasteiger partial charge in [-0.05, 0) is 39.0 Å². The van der Waals surface area contributed by atoms with Crippen LogP contribution in [0.1, 0.15) is 31.1 Å². The molecule has 1 aromatic carbocycles. The van der Waals surface area contributed by atoms with Gasteiger partial charge >= 0.3 is 0 Å². The second kappa shape index (κ2) is 4.80. The Morgan fingerprint density at radius 2 is 2.00 bits per heavy atom. The van der Waals surface area contributed by atoms with Gasteiger partial charge in [-0.1, -0.05) is 11.6 Å². The Kier molecular flexibility index (Phi) is 3.88. The molecule has 0 aliphatic heterocycles. The number of carbonyl (C=O) groups excluding carboxylic acids is 1. The summed E-state index contributed by atoms with van der Waals surface area (Å²) in [7, 11) is 0. The van der Waals surface area contributed by atoms with E-state index in [1.54, 1.807) is 0 Å². The molecule has 0 unspecified atom stereocenters. The van der Waals surface area contributed by atoms with Gasteiger partial charge in [0.15, 0.2) is 0 Å². The maximum absolute atomic E-state index is 12.9. The van der Waals surface area contributed by atoms with E-state index in [2.05, 4.69) is 10.9 Å². The molecule has 0 saturated heterocycles. The number of halogens is 2. The number of carbonyl (C=O) groups is 1. The summed E-state index contributed by atoms with van der Waals surface area (Å²) >= 11 is 5.79. The van der Waals surface area contributed by atoms with Gasteiger partial charge < -0.3 is 0 Å². The van der Waals surface area contributed by atoms with E-state index in [-0.39, 0.29) is 16.1 Å². The first-order valence-corrected chi connectivity index (χ1v) is 5.20. The Labute approximate surface area is 99.0 Å². The van der Waals surface area contributed by atoms with Gasteiger partial charge in [-0.3, -0.25) is 10.2 Å². The fourth-order valence-electron chi connectivity index (χ4n) is 0.983. The van der Waals surface area contributed by atoms with E-state index in [1.165, 1.54) is 12.1 Å².